The van der Waals surface area contributed by atoms with E-state index in [1.54, 1.807) is 42.5 Å². The van der Waals surface area contributed by atoms with Gasteiger partial charge in [0.2, 0.25) is 0 Å². The molecule has 0 radical (unpaired) electrons. The van der Waals surface area contributed by atoms with Crippen molar-refractivity contribution in [1.82, 2.24) is 0 Å². The van der Waals surface area contributed by atoms with Crippen LogP contribution in [0.4, 0.5) is 5.69 Å². The molecule has 1 aromatic heterocycles. The van der Waals surface area contributed by atoms with Gasteiger partial charge in [-0.1, -0.05) is 17.7 Å². The van der Waals surface area contributed by atoms with Crippen molar-refractivity contribution < 1.29 is 17.6 Å². The number of anilines is 1. The molecule has 1 heterocycles. The first-order chi connectivity index (χ1) is 11.5. The molecule has 1 N–H and O–H groups in total. The van der Waals surface area contributed by atoms with Crippen molar-refractivity contribution in [3.05, 3.63) is 71.4 Å². The monoisotopic (exact) mass is 361 g/mol. The highest BCUT2D eigenvalue weighted by molar-refractivity contribution is 7.92. The van der Waals surface area contributed by atoms with Gasteiger partial charge in [0.05, 0.1) is 10.6 Å². The fourth-order valence-corrected chi connectivity index (χ4v) is 3.38. The summed E-state index contributed by atoms with van der Waals surface area (Å²) in [6, 6.07) is 15.8. The third kappa shape index (κ3) is 3.50. The van der Waals surface area contributed by atoms with Gasteiger partial charge in [-0.25, -0.2) is 8.42 Å². The molecule has 122 valence electrons. The number of hydrogen-bond donors (Lipinski definition) is 1. The average molecular weight is 362 g/mol. The van der Waals surface area contributed by atoms with E-state index in [0.717, 1.165) is 0 Å². The molecule has 0 unspecified atom stereocenters. The maximum absolute atomic E-state index is 12.4. The van der Waals surface area contributed by atoms with Crippen LogP contribution in [0.15, 0.2) is 70.0 Å². The van der Waals surface area contributed by atoms with E-state index < -0.39 is 10.0 Å². The first-order valence-corrected chi connectivity index (χ1v) is 8.78. The lowest BCUT2D eigenvalue weighted by Gasteiger charge is -2.08. The van der Waals surface area contributed by atoms with Crippen molar-refractivity contribution in [2.24, 2.45) is 0 Å². The second-order valence-corrected chi connectivity index (χ2v) is 7.08. The van der Waals surface area contributed by atoms with Gasteiger partial charge in [-0.3, -0.25) is 9.52 Å². The summed E-state index contributed by atoms with van der Waals surface area (Å²) in [4.78, 5) is 10.7. The number of aldehydes is 1. The summed E-state index contributed by atoms with van der Waals surface area (Å²) < 4.78 is 32.5. The summed E-state index contributed by atoms with van der Waals surface area (Å²) in [5.41, 5.74) is 1.05. The molecule has 3 rings (SSSR count). The molecule has 2 aromatic carbocycles. The molecule has 0 atom stereocenters. The number of furan rings is 1. The summed E-state index contributed by atoms with van der Waals surface area (Å²) in [6.45, 7) is 0. The Balaban J connectivity index is 1.85. The van der Waals surface area contributed by atoms with Crippen molar-refractivity contribution >= 4 is 33.6 Å². The largest absolute Gasteiger partial charge is 0.453 e. The number of rotatable bonds is 5. The maximum Gasteiger partial charge on any atom is 0.261 e. The van der Waals surface area contributed by atoms with Crippen LogP contribution in [0, 0.1) is 0 Å². The fourth-order valence-electron chi connectivity index (χ4n) is 2.14. The molecule has 0 aliphatic carbocycles. The molecule has 0 bridgehead atoms. The fraction of sp³-hybridized carbons (Fsp3) is 0. The van der Waals surface area contributed by atoms with Crippen LogP contribution in [0.3, 0.4) is 0 Å². The minimum absolute atomic E-state index is 0.105. The summed E-state index contributed by atoms with van der Waals surface area (Å²) >= 11 is 5.85. The van der Waals surface area contributed by atoms with Gasteiger partial charge in [0.1, 0.15) is 5.76 Å². The highest BCUT2D eigenvalue weighted by Gasteiger charge is 2.15. The van der Waals surface area contributed by atoms with Crippen LogP contribution in [0.25, 0.3) is 11.3 Å². The molecule has 0 saturated heterocycles. The quantitative estimate of drug-likeness (QED) is 0.690. The molecule has 5 nitrogen and oxygen atoms in total. The molecule has 24 heavy (non-hydrogen) atoms. The van der Waals surface area contributed by atoms with Crippen LogP contribution >= 0.6 is 11.6 Å². The van der Waals surface area contributed by atoms with E-state index >= 15 is 0 Å². The number of sulfonamides is 1. The van der Waals surface area contributed by atoms with E-state index in [-0.39, 0.29) is 10.7 Å². The second kappa shape index (κ2) is 6.51. The highest BCUT2D eigenvalue weighted by atomic mass is 35.5. The van der Waals surface area contributed by atoms with E-state index in [1.165, 1.54) is 18.2 Å². The maximum atomic E-state index is 12.4. The van der Waals surface area contributed by atoms with Gasteiger partial charge in [0.15, 0.2) is 12.0 Å². The normalized spacial score (nSPS) is 11.2. The van der Waals surface area contributed by atoms with Gasteiger partial charge >= 0.3 is 0 Å². The summed E-state index contributed by atoms with van der Waals surface area (Å²) in [5.74, 6) is 0.702. The smallest absolute Gasteiger partial charge is 0.261 e. The molecule has 0 fully saturated rings. The summed E-state index contributed by atoms with van der Waals surface area (Å²) in [5, 5.41) is 0.439. The van der Waals surface area contributed by atoms with Gasteiger partial charge in [-0.05, 0) is 54.6 Å². The summed E-state index contributed by atoms with van der Waals surface area (Å²) in [7, 11) is -3.72. The zero-order valence-electron chi connectivity index (χ0n) is 12.3. The van der Waals surface area contributed by atoms with Crippen LogP contribution in [-0.4, -0.2) is 14.7 Å². The van der Waals surface area contributed by atoms with E-state index in [2.05, 4.69) is 4.72 Å². The number of halogens is 1. The average Bonchev–Trinajstić information content (AvgIpc) is 3.04. The molecule has 0 aliphatic heterocycles. The molecular weight excluding hydrogens is 350 g/mol. The van der Waals surface area contributed by atoms with Gasteiger partial charge in [-0.15, -0.1) is 0 Å². The second-order valence-electron chi connectivity index (χ2n) is 4.96. The molecule has 7 heteroatoms. The van der Waals surface area contributed by atoms with Crippen LogP contribution in [0.5, 0.6) is 0 Å². The number of nitrogens with one attached hydrogen (secondary N) is 1. The minimum Gasteiger partial charge on any atom is -0.453 e. The minimum atomic E-state index is -3.72. The SMILES string of the molecule is O=Cc1ccc(-c2ccc(S(=O)(=O)Nc3cccc(Cl)c3)cc2)o1. The Labute approximate surface area is 143 Å². The first kappa shape index (κ1) is 16.3. The number of hydrogen-bond acceptors (Lipinski definition) is 4. The lowest BCUT2D eigenvalue weighted by molar-refractivity contribution is 0.110. The molecule has 0 amide bonds. The Bertz CT molecular complexity index is 978. The summed E-state index contributed by atoms with van der Waals surface area (Å²) in [6.07, 6.45) is 0.608. The molecular formula is C17H12ClNO4S. The number of carbonyl (C=O) groups is 1. The Morgan fingerprint density at radius 3 is 2.38 bits per heavy atom. The van der Waals surface area contributed by atoms with E-state index in [4.69, 9.17) is 16.0 Å². The van der Waals surface area contributed by atoms with Crippen LogP contribution < -0.4 is 4.72 Å². The van der Waals surface area contributed by atoms with Crippen LogP contribution in [0.2, 0.25) is 5.02 Å². The topological polar surface area (TPSA) is 76.4 Å². The first-order valence-electron chi connectivity index (χ1n) is 6.92. The standard InChI is InChI=1S/C17H12ClNO4S/c18-13-2-1-3-14(10-13)19-24(21,22)16-7-4-12(5-8-16)17-9-6-15(11-20)23-17/h1-11,19H. The molecule has 3 aromatic rings. The zero-order chi connectivity index (χ0) is 17.2. The van der Waals surface area contributed by atoms with Crippen molar-refractivity contribution in [1.29, 1.82) is 0 Å². The third-order valence-corrected chi connectivity index (χ3v) is 4.90. The van der Waals surface area contributed by atoms with Gasteiger partial charge in [0.25, 0.3) is 10.0 Å². The zero-order valence-corrected chi connectivity index (χ0v) is 13.8. The Hall–Kier alpha value is -2.57. The Morgan fingerprint density at radius 2 is 1.75 bits per heavy atom. The van der Waals surface area contributed by atoms with Gasteiger partial charge < -0.3 is 4.42 Å². The van der Waals surface area contributed by atoms with Gasteiger partial charge in [0, 0.05) is 10.6 Å². The van der Waals surface area contributed by atoms with E-state index in [9.17, 15) is 13.2 Å². The third-order valence-electron chi connectivity index (χ3n) is 3.27. The lowest BCUT2D eigenvalue weighted by atomic mass is 10.2. The van der Waals surface area contributed by atoms with Crippen LogP contribution in [-0.2, 0) is 10.0 Å². The van der Waals surface area contributed by atoms with E-state index in [1.807, 2.05) is 0 Å². The lowest BCUT2D eigenvalue weighted by Crippen LogP contribution is -2.12. The molecule has 0 spiro atoms. The van der Waals surface area contributed by atoms with E-state index in [0.29, 0.717) is 28.3 Å². The number of benzene rings is 2. The Morgan fingerprint density at radius 1 is 1.00 bits per heavy atom. The van der Waals surface area contributed by atoms with Crippen molar-refractivity contribution in [2.75, 3.05) is 4.72 Å². The van der Waals surface area contributed by atoms with Crippen molar-refractivity contribution in [3.63, 3.8) is 0 Å². The van der Waals surface area contributed by atoms with Crippen molar-refractivity contribution in [3.8, 4) is 11.3 Å². The number of carbonyl (C=O) groups excluding carboxylic acids is 1. The van der Waals surface area contributed by atoms with Crippen LogP contribution in [0.1, 0.15) is 10.6 Å². The molecule has 0 aliphatic rings. The predicted molar refractivity (Wildman–Crippen MR) is 91.8 cm³/mol. The predicted octanol–water partition coefficient (Wildman–Crippen LogP) is 4.21. The highest BCUT2D eigenvalue weighted by Crippen LogP contribution is 2.24. The molecule has 0 saturated carbocycles. The van der Waals surface area contributed by atoms with Crippen molar-refractivity contribution in [2.45, 2.75) is 4.90 Å². The Kier molecular flexibility index (Phi) is 4.42. The van der Waals surface area contributed by atoms with Gasteiger partial charge in [-0.2, -0.15) is 0 Å².